The van der Waals surface area contributed by atoms with Gasteiger partial charge in [0.2, 0.25) is 0 Å². The lowest BCUT2D eigenvalue weighted by atomic mass is 9.95. The molecule has 0 spiro atoms. The molecule has 0 amide bonds. The molecule has 0 radical (unpaired) electrons. The topological polar surface area (TPSA) is 46.2 Å². The van der Waals surface area contributed by atoms with E-state index in [0.29, 0.717) is 11.1 Å². The summed E-state index contributed by atoms with van der Waals surface area (Å²) in [7, 11) is 0. The highest BCUT2D eigenvalue weighted by atomic mass is 16.1. The number of hydrogen-bond donors (Lipinski definition) is 1. The standard InChI is InChI=1S/C15H17NO2/c1-11(17)14(13-9-5-6-10-16-13)15(18)12-7-3-2-4-8-12/h2-4,7-8,16H,5-6,9-10H2,1H3/b14-13-. The van der Waals surface area contributed by atoms with Crippen LogP contribution in [0.1, 0.15) is 36.5 Å². The van der Waals surface area contributed by atoms with Crippen LogP contribution in [-0.2, 0) is 4.79 Å². The Morgan fingerprint density at radius 3 is 2.39 bits per heavy atom. The maximum atomic E-state index is 12.4. The lowest BCUT2D eigenvalue weighted by Gasteiger charge is -2.19. The van der Waals surface area contributed by atoms with Gasteiger partial charge >= 0.3 is 0 Å². The van der Waals surface area contributed by atoms with Gasteiger partial charge in [-0.3, -0.25) is 9.59 Å². The van der Waals surface area contributed by atoms with Gasteiger partial charge in [0.1, 0.15) is 0 Å². The summed E-state index contributed by atoms with van der Waals surface area (Å²) in [5.74, 6) is -0.333. The van der Waals surface area contributed by atoms with Crippen molar-refractivity contribution in [2.45, 2.75) is 26.2 Å². The van der Waals surface area contributed by atoms with Crippen molar-refractivity contribution >= 4 is 11.6 Å². The monoisotopic (exact) mass is 243 g/mol. The Morgan fingerprint density at radius 2 is 1.83 bits per heavy atom. The SMILES string of the molecule is CC(=O)/C(C(=O)c1ccccc1)=C1\CCCCN1. The Morgan fingerprint density at radius 1 is 1.11 bits per heavy atom. The van der Waals surface area contributed by atoms with Crippen LogP contribution in [0.5, 0.6) is 0 Å². The molecule has 1 aliphatic heterocycles. The predicted molar refractivity (Wildman–Crippen MR) is 70.3 cm³/mol. The van der Waals surface area contributed by atoms with Gasteiger partial charge in [-0.25, -0.2) is 0 Å². The molecule has 2 rings (SSSR count). The number of carbonyl (C=O) groups is 2. The smallest absolute Gasteiger partial charge is 0.198 e. The molecule has 1 fully saturated rings. The average Bonchev–Trinajstić information content (AvgIpc) is 2.40. The Balaban J connectivity index is 2.37. The zero-order chi connectivity index (χ0) is 13.0. The van der Waals surface area contributed by atoms with Gasteiger partial charge in [0, 0.05) is 17.8 Å². The molecule has 1 aromatic carbocycles. The summed E-state index contributed by atoms with van der Waals surface area (Å²) in [4.78, 5) is 24.1. The van der Waals surface area contributed by atoms with Crippen LogP contribution in [0.2, 0.25) is 0 Å². The lowest BCUT2D eigenvalue weighted by molar-refractivity contribution is -0.113. The van der Waals surface area contributed by atoms with Crippen LogP contribution in [0.15, 0.2) is 41.6 Å². The van der Waals surface area contributed by atoms with Gasteiger partial charge in [0.25, 0.3) is 0 Å². The van der Waals surface area contributed by atoms with Crippen molar-refractivity contribution < 1.29 is 9.59 Å². The summed E-state index contributed by atoms with van der Waals surface area (Å²) in [6, 6.07) is 8.97. The van der Waals surface area contributed by atoms with E-state index in [0.717, 1.165) is 31.5 Å². The largest absolute Gasteiger partial charge is 0.388 e. The van der Waals surface area contributed by atoms with Crippen LogP contribution < -0.4 is 5.32 Å². The Kier molecular flexibility index (Phi) is 3.92. The first kappa shape index (κ1) is 12.6. The molecule has 1 saturated heterocycles. The molecule has 0 bridgehead atoms. The van der Waals surface area contributed by atoms with Crippen molar-refractivity contribution in [3.8, 4) is 0 Å². The number of carbonyl (C=O) groups excluding carboxylic acids is 2. The fraction of sp³-hybridized carbons (Fsp3) is 0.333. The maximum Gasteiger partial charge on any atom is 0.198 e. The molecule has 3 heteroatoms. The van der Waals surface area contributed by atoms with E-state index in [2.05, 4.69) is 5.32 Å². The van der Waals surface area contributed by atoms with E-state index in [1.807, 2.05) is 18.2 Å². The second-order valence-corrected chi connectivity index (χ2v) is 4.49. The van der Waals surface area contributed by atoms with Crippen LogP contribution in [-0.4, -0.2) is 18.1 Å². The van der Waals surface area contributed by atoms with E-state index in [-0.39, 0.29) is 11.6 Å². The quantitative estimate of drug-likeness (QED) is 0.384. The number of Topliss-reactive ketones (excluding diaryl/α,β-unsaturated/α-hetero) is 2. The van der Waals surface area contributed by atoms with Crippen molar-refractivity contribution in [3.63, 3.8) is 0 Å². The highest BCUT2D eigenvalue weighted by molar-refractivity contribution is 6.26. The molecule has 1 N–H and O–H groups in total. The zero-order valence-corrected chi connectivity index (χ0v) is 10.5. The number of piperidine rings is 1. The third-order valence-electron chi connectivity index (χ3n) is 3.11. The summed E-state index contributed by atoms with van der Waals surface area (Å²) in [6.07, 6.45) is 2.91. The Labute approximate surface area is 107 Å². The van der Waals surface area contributed by atoms with Gasteiger partial charge in [0.15, 0.2) is 11.6 Å². The summed E-state index contributed by atoms with van der Waals surface area (Å²) in [6.45, 7) is 2.30. The highest BCUT2D eigenvalue weighted by Crippen LogP contribution is 2.19. The first-order valence-corrected chi connectivity index (χ1v) is 6.28. The van der Waals surface area contributed by atoms with Gasteiger partial charge in [0.05, 0.1) is 5.57 Å². The highest BCUT2D eigenvalue weighted by Gasteiger charge is 2.22. The van der Waals surface area contributed by atoms with E-state index >= 15 is 0 Å². The first-order valence-electron chi connectivity index (χ1n) is 6.28. The number of rotatable bonds is 3. The van der Waals surface area contributed by atoms with Crippen molar-refractivity contribution in [1.29, 1.82) is 0 Å². The predicted octanol–water partition coefficient (Wildman–Crippen LogP) is 2.49. The molecule has 0 saturated carbocycles. The van der Waals surface area contributed by atoms with Crippen LogP contribution in [0.3, 0.4) is 0 Å². The zero-order valence-electron chi connectivity index (χ0n) is 10.5. The van der Waals surface area contributed by atoms with Crippen LogP contribution >= 0.6 is 0 Å². The van der Waals surface area contributed by atoms with Crippen molar-refractivity contribution in [3.05, 3.63) is 47.2 Å². The van der Waals surface area contributed by atoms with Crippen molar-refractivity contribution in [2.24, 2.45) is 0 Å². The third kappa shape index (κ3) is 2.67. The molecule has 0 aliphatic carbocycles. The molecule has 1 heterocycles. The average molecular weight is 243 g/mol. The fourth-order valence-electron chi connectivity index (χ4n) is 2.21. The van der Waals surface area contributed by atoms with E-state index in [1.54, 1.807) is 12.1 Å². The minimum atomic E-state index is -0.174. The molecule has 94 valence electrons. The summed E-state index contributed by atoms with van der Waals surface area (Å²) < 4.78 is 0. The van der Waals surface area contributed by atoms with Crippen LogP contribution in [0, 0.1) is 0 Å². The summed E-state index contributed by atoms with van der Waals surface area (Å²) >= 11 is 0. The van der Waals surface area contributed by atoms with Crippen molar-refractivity contribution in [1.82, 2.24) is 5.32 Å². The normalized spacial score (nSPS) is 17.8. The molecule has 0 unspecified atom stereocenters. The summed E-state index contributed by atoms with van der Waals surface area (Å²) in [5.41, 5.74) is 1.70. The van der Waals surface area contributed by atoms with Crippen LogP contribution in [0.4, 0.5) is 0 Å². The number of allylic oxidation sites excluding steroid dienone is 2. The van der Waals surface area contributed by atoms with Gasteiger partial charge in [-0.15, -0.1) is 0 Å². The molecular weight excluding hydrogens is 226 g/mol. The van der Waals surface area contributed by atoms with Gasteiger partial charge < -0.3 is 5.32 Å². The number of benzene rings is 1. The third-order valence-corrected chi connectivity index (χ3v) is 3.11. The van der Waals surface area contributed by atoms with Gasteiger partial charge in [-0.05, 0) is 26.2 Å². The minimum absolute atomic E-state index is 0.159. The lowest BCUT2D eigenvalue weighted by Crippen LogP contribution is -2.26. The molecule has 1 aliphatic rings. The summed E-state index contributed by atoms with van der Waals surface area (Å²) in [5, 5.41) is 3.19. The molecule has 3 nitrogen and oxygen atoms in total. The fourth-order valence-corrected chi connectivity index (χ4v) is 2.21. The number of nitrogens with one attached hydrogen (secondary N) is 1. The molecule has 1 aromatic rings. The second kappa shape index (κ2) is 5.63. The Bertz CT molecular complexity index is 480. The van der Waals surface area contributed by atoms with Crippen LogP contribution in [0.25, 0.3) is 0 Å². The van der Waals surface area contributed by atoms with E-state index in [9.17, 15) is 9.59 Å². The van der Waals surface area contributed by atoms with Gasteiger partial charge in [-0.2, -0.15) is 0 Å². The van der Waals surface area contributed by atoms with E-state index in [1.165, 1.54) is 6.92 Å². The second-order valence-electron chi connectivity index (χ2n) is 4.49. The number of ketones is 2. The van der Waals surface area contributed by atoms with Crippen molar-refractivity contribution in [2.75, 3.05) is 6.54 Å². The first-order chi connectivity index (χ1) is 8.70. The molecule has 18 heavy (non-hydrogen) atoms. The van der Waals surface area contributed by atoms with E-state index in [4.69, 9.17) is 0 Å². The molecule has 0 aromatic heterocycles. The van der Waals surface area contributed by atoms with Gasteiger partial charge in [-0.1, -0.05) is 30.3 Å². The Hall–Kier alpha value is -1.90. The minimum Gasteiger partial charge on any atom is -0.388 e. The molecule has 0 atom stereocenters. The maximum absolute atomic E-state index is 12.4. The molecular formula is C15H17NO2. The van der Waals surface area contributed by atoms with E-state index < -0.39 is 0 Å². The number of hydrogen-bond acceptors (Lipinski definition) is 3.